The van der Waals surface area contributed by atoms with Crippen LogP contribution in [0.5, 0.6) is 17.2 Å². The van der Waals surface area contributed by atoms with E-state index in [0.29, 0.717) is 34.4 Å². The van der Waals surface area contributed by atoms with Crippen LogP contribution in [0.25, 0.3) is 0 Å². The van der Waals surface area contributed by atoms with Crippen LogP contribution in [0.2, 0.25) is 0 Å². The summed E-state index contributed by atoms with van der Waals surface area (Å²) in [4.78, 5) is 33.2. The predicted molar refractivity (Wildman–Crippen MR) is 166 cm³/mol. The number of anilines is 1. The number of carbonyl (C=O) groups is 2. The first-order valence-electron chi connectivity index (χ1n) is 14.5. The minimum Gasteiger partial charge on any atom is -0.496 e. The quantitative estimate of drug-likeness (QED) is 0.301. The zero-order valence-electron chi connectivity index (χ0n) is 25.0. The zero-order chi connectivity index (χ0) is 29.8. The van der Waals surface area contributed by atoms with Crippen LogP contribution >= 0.6 is 0 Å². The van der Waals surface area contributed by atoms with Crippen LogP contribution < -0.4 is 29.7 Å². The van der Waals surface area contributed by atoms with Gasteiger partial charge in [-0.25, -0.2) is 4.98 Å². The Labute approximate surface area is 250 Å². The molecule has 2 aliphatic carbocycles. The van der Waals surface area contributed by atoms with E-state index in [0.717, 1.165) is 49.0 Å². The summed E-state index contributed by atoms with van der Waals surface area (Å²) in [7, 11) is 4.80. The van der Waals surface area contributed by atoms with Crippen molar-refractivity contribution in [1.82, 2.24) is 15.6 Å². The van der Waals surface area contributed by atoms with Gasteiger partial charge in [0.1, 0.15) is 11.6 Å². The van der Waals surface area contributed by atoms with Crippen LogP contribution in [0.15, 0.2) is 54.7 Å². The van der Waals surface area contributed by atoms with Crippen molar-refractivity contribution in [2.24, 2.45) is 0 Å². The molecule has 2 N–H and O–H groups in total. The molecule has 0 bridgehead atoms. The average molecular weight is 577 g/mol. The molecule has 2 saturated carbocycles. The highest BCUT2D eigenvalue weighted by molar-refractivity contribution is 5.96. The lowest BCUT2D eigenvalue weighted by Gasteiger charge is -2.30. The maximum absolute atomic E-state index is 13.1. The third kappa shape index (κ3) is 6.30. The van der Waals surface area contributed by atoms with Gasteiger partial charge in [0.05, 0.1) is 32.9 Å². The van der Waals surface area contributed by atoms with E-state index in [4.69, 9.17) is 19.2 Å². The summed E-state index contributed by atoms with van der Waals surface area (Å²) in [5.41, 5.74) is 2.91. The highest BCUT2D eigenvalue weighted by atomic mass is 16.5. The van der Waals surface area contributed by atoms with Crippen molar-refractivity contribution in [2.75, 3.05) is 26.2 Å². The molecule has 2 aliphatic rings. The molecule has 5 rings (SSSR count). The molecule has 3 aromatic rings. The molecule has 0 spiro atoms. The molecule has 0 radical (unpaired) electrons. The Hall–Kier alpha value is -4.27. The lowest BCUT2D eigenvalue weighted by molar-refractivity contribution is 0.0929. The topological polar surface area (TPSA) is 102 Å². The van der Waals surface area contributed by atoms with Gasteiger partial charge >= 0.3 is 0 Å². The highest BCUT2D eigenvalue weighted by Gasteiger charge is 2.39. The van der Waals surface area contributed by atoms with Crippen LogP contribution in [0.3, 0.4) is 0 Å². The number of nitrogens with zero attached hydrogens (tertiary/aromatic N) is 2. The van der Waals surface area contributed by atoms with Gasteiger partial charge in [0.25, 0.3) is 11.8 Å². The second kappa shape index (κ2) is 12.7. The van der Waals surface area contributed by atoms with Gasteiger partial charge in [-0.1, -0.05) is 12.1 Å². The predicted octanol–water partition coefficient (Wildman–Crippen LogP) is 5.72. The molecule has 3 atom stereocenters. The first kappa shape index (κ1) is 29.2. The van der Waals surface area contributed by atoms with E-state index >= 15 is 0 Å². The van der Waals surface area contributed by atoms with Gasteiger partial charge in [-0.05, 0) is 87.9 Å². The van der Waals surface area contributed by atoms with Crippen LogP contribution in [-0.2, 0) is 0 Å². The fourth-order valence-electron chi connectivity index (χ4n) is 5.87. The standard InChI is InChI=1S/C33H40N4O5.2H2/c1-20-27(7-6-8-28(20)40-3)33(39)36-24-11-12-26(18-24)37(25-13-14-25)31-16-10-23(19-34-31)32(38)35-21(2)22-9-15-29(41-4)30(17-22)42-5;;/h6-10,15-17,19,21,24-26H,11-14,18H2,1-5H3,(H,35,38)(H,36,39);2*1H. The number of benzene rings is 2. The Morgan fingerprint density at radius 3 is 2.31 bits per heavy atom. The minimum atomic E-state index is -0.230. The molecule has 1 aromatic heterocycles. The number of hydrogen-bond acceptors (Lipinski definition) is 7. The smallest absolute Gasteiger partial charge is 0.253 e. The minimum absolute atomic E-state index is 0. The molecule has 42 heavy (non-hydrogen) atoms. The van der Waals surface area contributed by atoms with Gasteiger partial charge in [0, 0.05) is 38.3 Å². The lowest BCUT2D eigenvalue weighted by atomic mass is 10.1. The van der Waals surface area contributed by atoms with E-state index in [1.54, 1.807) is 27.5 Å². The Kier molecular flexibility index (Phi) is 8.85. The first-order valence-corrected chi connectivity index (χ1v) is 14.5. The van der Waals surface area contributed by atoms with Gasteiger partial charge in [-0.3, -0.25) is 9.59 Å². The number of amides is 2. The Morgan fingerprint density at radius 2 is 1.64 bits per heavy atom. The number of nitrogens with one attached hydrogen (secondary N) is 2. The summed E-state index contributed by atoms with van der Waals surface area (Å²) in [5, 5.41) is 6.29. The molecule has 0 saturated heterocycles. The molecule has 2 fully saturated rings. The second-order valence-corrected chi connectivity index (χ2v) is 11.1. The highest BCUT2D eigenvalue weighted by Crippen LogP contribution is 2.38. The summed E-state index contributed by atoms with van der Waals surface area (Å²) in [5.74, 6) is 2.60. The van der Waals surface area contributed by atoms with Crippen molar-refractivity contribution < 1.29 is 26.7 Å². The first-order chi connectivity index (χ1) is 20.3. The molecule has 9 nitrogen and oxygen atoms in total. The van der Waals surface area contributed by atoms with Gasteiger partial charge in [-0.15, -0.1) is 0 Å². The molecule has 2 aromatic carbocycles. The van der Waals surface area contributed by atoms with Crippen molar-refractivity contribution in [3.63, 3.8) is 0 Å². The number of methoxy groups -OCH3 is 3. The van der Waals surface area contributed by atoms with E-state index in [2.05, 4.69) is 15.5 Å². The number of rotatable bonds is 11. The SMILES string of the molecule is COc1ccc(C(C)NC(=O)c2ccc(N(C3CC3)C3CCC(NC(=O)c4cccc(OC)c4C)C3)nc2)cc1OC.[HH].[HH]. The molecular formula is C33H44N4O5. The van der Waals surface area contributed by atoms with Gasteiger partial charge in [-0.2, -0.15) is 0 Å². The zero-order valence-corrected chi connectivity index (χ0v) is 25.0. The van der Waals surface area contributed by atoms with Crippen molar-refractivity contribution in [3.8, 4) is 17.2 Å². The number of ether oxygens (including phenoxy) is 3. The Morgan fingerprint density at radius 1 is 0.905 bits per heavy atom. The molecule has 226 valence electrons. The average Bonchev–Trinajstić information content (AvgIpc) is 3.74. The number of carbonyl (C=O) groups excluding carboxylic acids is 2. The molecular weight excluding hydrogens is 532 g/mol. The maximum atomic E-state index is 13.1. The van der Waals surface area contributed by atoms with Crippen molar-refractivity contribution in [1.29, 1.82) is 0 Å². The van der Waals surface area contributed by atoms with Crippen LogP contribution in [0, 0.1) is 6.92 Å². The Bertz CT molecular complexity index is 1430. The summed E-state index contributed by atoms with van der Waals surface area (Å²) in [6, 6.07) is 15.5. The third-order valence-corrected chi connectivity index (χ3v) is 8.35. The van der Waals surface area contributed by atoms with Gasteiger partial charge < -0.3 is 29.7 Å². The van der Waals surface area contributed by atoms with Crippen molar-refractivity contribution in [3.05, 3.63) is 77.0 Å². The number of aromatic nitrogens is 1. The monoisotopic (exact) mass is 576 g/mol. The number of pyridine rings is 1. The molecule has 1 heterocycles. The molecule has 0 aliphatic heterocycles. The van der Waals surface area contributed by atoms with E-state index in [1.807, 2.05) is 62.4 Å². The Balaban J connectivity index is 0.00000264. The summed E-state index contributed by atoms with van der Waals surface area (Å²) < 4.78 is 16.1. The largest absolute Gasteiger partial charge is 0.496 e. The lowest BCUT2D eigenvalue weighted by Crippen LogP contribution is -2.39. The summed E-state index contributed by atoms with van der Waals surface area (Å²) >= 11 is 0. The van der Waals surface area contributed by atoms with Crippen molar-refractivity contribution in [2.45, 2.75) is 70.1 Å². The van der Waals surface area contributed by atoms with E-state index < -0.39 is 0 Å². The molecule has 2 amide bonds. The van der Waals surface area contributed by atoms with E-state index in [-0.39, 0.29) is 32.8 Å². The summed E-state index contributed by atoms with van der Waals surface area (Å²) in [6.45, 7) is 3.84. The van der Waals surface area contributed by atoms with Crippen LogP contribution in [0.4, 0.5) is 5.82 Å². The van der Waals surface area contributed by atoms with Crippen LogP contribution in [0.1, 0.15) is 79.8 Å². The second-order valence-electron chi connectivity index (χ2n) is 11.1. The van der Waals surface area contributed by atoms with E-state index in [1.165, 1.54) is 0 Å². The van der Waals surface area contributed by atoms with E-state index in [9.17, 15) is 9.59 Å². The van der Waals surface area contributed by atoms with Crippen LogP contribution in [-0.4, -0.2) is 56.3 Å². The fourth-order valence-corrected chi connectivity index (χ4v) is 5.87. The molecule has 9 heteroatoms. The fraction of sp³-hybridized carbons (Fsp3) is 0.424. The van der Waals surface area contributed by atoms with Crippen molar-refractivity contribution >= 4 is 17.6 Å². The molecule has 3 unspecified atom stereocenters. The maximum Gasteiger partial charge on any atom is 0.253 e. The normalized spacial score (nSPS) is 18.6. The third-order valence-electron chi connectivity index (χ3n) is 8.35. The number of hydrogen-bond donors (Lipinski definition) is 2. The summed E-state index contributed by atoms with van der Waals surface area (Å²) in [6.07, 6.45) is 6.66. The van der Waals surface area contributed by atoms with Gasteiger partial charge in [0.15, 0.2) is 11.5 Å². The van der Waals surface area contributed by atoms with Gasteiger partial charge in [0.2, 0.25) is 0 Å².